The van der Waals surface area contributed by atoms with E-state index in [1.807, 2.05) is 34.6 Å². The lowest BCUT2D eigenvalue weighted by molar-refractivity contribution is -0.154. The van der Waals surface area contributed by atoms with Crippen LogP contribution in [0.25, 0.3) is 0 Å². The van der Waals surface area contributed by atoms with Crippen LogP contribution in [-0.4, -0.2) is 35.4 Å². The van der Waals surface area contributed by atoms with Crippen molar-refractivity contribution in [3.05, 3.63) is 0 Å². The summed E-state index contributed by atoms with van der Waals surface area (Å²) in [6.45, 7) is 10.3. The fourth-order valence-electron chi connectivity index (χ4n) is 1.26. The van der Waals surface area contributed by atoms with Crippen LogP contribution in [0, 0.1) is 0 Å². The lowest BCUT2D eigenvalue weighted by Gasteiger charge is -2.26. The summed E-state index contributed by atoms with van der Waals surface area (Å²) in [5.41, 5.74) is -0.561. The van der Waals surface area contributed by atoms with Gasteiger partial charge in [0.1, 0.15) is 5.60 Å². The maximum absolute atomic E-state index is 11.4. The summed E-state index contributed by atoms with van der Waals surface area (Å²) in [5.74, 6) is -0.195. The van der Waals surface area contributed by atoms with Gasteiger partial charge >= 0.3 is 5.97 Å². The molecule has 2 N–H and O–H groups in total. The van der Waals surface area contributed by atoms with E-state index >= 15 is 0 Å². The molecule has 0 aliphatic carbocycles. The first kappa shape index (κ1) is 15.4. The topological polar surface area (TPSA) is 58.6 Å². The predicted molar refractivity (Wildman–Crippen MR) is 64.2 cm³/mol. The fraction of sp³-hybridized carbons (Fsp3) is 0.917. The van der Waals surface area contributed by atoms with Gasteiger partial charge in [-0.3, -0.25) is 4.79 Å². The highest BCUT2D eigenvalue weighted by molar-refractivity contribution is 5.70. The highest BCUT2D eigenvalue weighted by Gasteiger charge is 2.18. The molecule has 16 heavy (non-hydrogen) atoms. The molecular weight excluding hydrogens is 206 g/mol. The number of rotatable bonds is 6. The molecule has 0 amide bonds. The summed E-state index contributed by atoms with van der Waals surface area (Å²) in [4.78, 5) is 11.4. The minimum absolute atomic E-state index is 0.142. The number of carbonyl (C=O) groups is 1. The second-order valence-electron chi connectivity index (χ2n) is 5.62. The van der Waals surface area contributed by atoms with Gasteiger partial charge in [-0.1, -0.05) is 0 Å². The van der Waals surface area contributed by atoms with Gasteiger partial charge in [0.15, 0.2) is 0 Å². The standard InChI is InChI=1S/C12H25NO3/c1-11(2,3)16-10(15)6-8-13-12(4,5)7-9-14/h13-14H,6-9H2,1-5H3. The van der Waals surface area contributed by atoms with E-state index in [9.17, 15) is 4.79 Å². The van der Waals surface area contributed by atoms with E-state index in [2.05, 4.69) is 5.32 Å². The van der Waals surface area contributed by atoms with Crippen molar-refractivity contribution in [2.45, 2.75) is 58.6 Å². The Labute approximate surface area is 98.4 Å². The summed E-state index contributed by atoms with van der Waals surface area (Å²) in [6, 6.07) is 0. The Balaban J connectivity index is 3.78. The number of hydrogen-bond donors (Lipinski definition) is 2. The Bertz CT molecular complexity index is 219. The number of esters is 1. The number of hydrogen-bond acceptors (Lipinski definition) is 4. The van der Waals surface area contributed by atoms with E-state index in [1.165, 1.54) is 0 Å². The summed E-state index contributed by atoms with van der Waals surface area (Å²) < 4.78 is 5.18. The van der Waals surface area contributed by atoms with Crippen LogP contribution in [-0.2, 0) is 9.53 Å². The minimum Gasteiger partial charge on any atom is -0.460 e. The van der Waals surface area contributed by atoms with E-state index in [-0.39, 0.29) is 18.1 Å². The van der Waals surface area contributed by atoms with E-state index in [1.54, 1.807) is 0 Å². The highest BCUT2D eigenvalue weighted by atomic mass is 16.6. The van der Waals surface area contributed by atoms with Gasteiger partial charge in [0.2, 0.25) is 0 Å². The van der Waals surface area contributed by atoms with Gasteiger partial charge < -0.3 is 15.2 Å². The van der Waals surface area contributed by atoms with Crippen LogP contribution in [0.5, 0.6) is 0 Å². The molecule has 0 aromatic rings. The molecule has 96 valence electrons. The molecule has 0 heterocycles. The molecule has 0 rings (SSSR count). The molecule has 0 atom stereocenters. The molecule has 0 saturated heterocycles. The van der Waals surface area contributed by atoms with E-state index < -0.39 is 5.60 Å². The zero-order valence-corrected chi connectivity index (χ0v) is 11.1. The molecule has 0 aliphatic rings. The van der Waals surface area contributed by atoms with Crippen LogP contribution in [0.3, 0.4) is 0 Å². The molecule has 4 heteroatoms. The van der Waals surface area contributed by atoms with Crippen molar-refractivity contribution in [3.8, 4) is 0 Å². The Kier molecular flexibility index (Phi) is 5.97. The lowest BCUT2D eigenvalue weighted by Crippen LogP contribution is -2.41. The molecular formula is C12H25NO3. The van der Waals surface area contributed by atoms with E-state index in [0.29, 0.717) is 19.4 Å². The van der Waals surface area contributed by atoms with E-state index in [0.717, 1.165) is 0 Å². The zero-order valence-electron chi connectivity index (χ0n) is 11.1. The molecule has 0 bridgehead atoms. The summed E-state index contributed by atoms with van der Waals surface area (Å²) >= 11 is 0. The van der Waals surface area contributed by atoms with Gasteiger partial charge in [-0.05, 0) is 41.0 Å². The smallest absolute Gasteiger partial charge is 0.307 e. The van der Waals surface area contributed by atoms with Crippen LogP contribution in [0.4, 0.5) is 0 Å². The third kappa shape index (κ3) is 8.68. The fourth-order valence-corrected chi connectivity index (χ4v) is 1.26. The van der Waals surface area contributed by atoms with Crippen LogP contribution >= 0.6 is 0 Å². The van der Waals surface area contributed by atoms with Crippen molar-refractivity contribution in [3.63, 3.8) is 0 Å². The maximum Gasteiger partial charge on any atom is 0.307 e. The third-order valence-corrected chi connectivity index (χ3v) is 2.09. The minimum atomic E-state index is -0.419. The average Bonchev–Trinajstić information content (AvgIpc) is 1.99. The SMILES string of the molecule is CC(C)(CCO)NCCC(=O)OC(C)(C)C. The first-order chi connectivity index (χ1) is 7.16. The molecule has 0 aromatic carbocycles. The van der Waals surface area contributed by atoms with Crippen molar-refractivity contribution in [2.24, 2.45) is 0 Å². The highest BCUT2D eigenvalue weighted by Crippen LogP contribution is 2.09. The number of ether oxygens (including phenoxy) is 1. The van der Waals surface area contributed by atoms with Gasteiger partial charge in [0.05, 0.1) is 6.42 Å². The lowest BCUT2D eigenvalue weighted by atomic mass is 10.0. The van der Waals surface area contributed by atoms with Crippen molar-refractivity contribution >= 4 is 5.97 Å². The first-order valence-electron chi connectivity index (χ1n) is 5.74. The van der Waals surface area contributed by atoms with Gasteiger partial charge in [-0.15, -0.1) is 0 Å². The predicted octanol–water partition coefficient (Wildman–Crippen LogP) is 1.47. The second kappa shape index (κ2) is 6.21. The zero-order chi connectivity index (χ0) is 12.8. The largest absolute Gasteiger partial charge is 0.460 e. The van der Waals surface area contributed by atoms with Crippen molar-refractivity contribution in [1.82, 2.24) is 5.32 Å². The summed E-state index contributed by atoms with van der Waals surface area (Å²) in [7, 11) is 0. The molecule has 0 unspecified atom stereocenters. The van der Waals surface area contributed by atoms with Crippen LogP contribution in [0.1, 0.15) is 47.5 Å². The maximum atomic E-state index is 11.4. The van der Waals surface area contributed by atoms with Gasteiger partial charge in [-0.2, -0.15) is 0 Å². The molecule has 4 nitrogen and oxygen atoms in total. The Morgan fingerprint density at radius 3 is 2.25 bits per heavy atom. The number of carbonyl (C=O) groups excluding carboxylic acids is 1. The molecule has 0 aliphatic heterocycles. The molecule has 0 radical (unpaired) electrons. The van der Waals surface area contributed by atoms with Gasteiger partial charge in [0.25, 0.3) is 0 Å². The van der Waals surface area contributed by atoms with Crippen molar-refractivity contribution in [1.29, 1.82) is 0 Å². The molecule has 0 fully saturated rings. The molecule has 0 spiro atoms. The summed E-state index contributed by atoms with van der Waals surface area (Å²) in [6.07, 6.45) is 1.02. The molecule has 0 aromatic heterocycles. The normalized spacial score (nSPS) is 12.6. The number of aliphatic hydroxyl groups excluding tert-OH is 1. The quantitative estimate of drug-likeness (QED) is 0.680. The van der Waals surface area contributed by atoms with Gasteiger partial charge in [-0.25, -0.2) is 0 Å². The van der Waals surface area contributed by atoms with Crippen LogP contribution in [0.15, 0.2) is 0 Å². The van der Waals surface area contributed by atoms with Crippen LogP contribution in [0.2, 0.25) is 0 Å². The Hall–Kier alpha value is -0.610. The first-order valence-corrected chi connectivity index (χ1v) is 5.74. The monoisotopic (exact) mass is 231 g/mol. The van der Waals surface area contributed by atoms with Gasteiger partial charge in [0, 0.05) is 18.7 Å². The number of nitrogens with one attached hydrogen (secondary N) is 1. The third-order valence-electron chi connectivity index (χ3n) is 2.09. The van der Waals surface area contributed by atoms with Crippen molar-refractivity contribution in [2.75, 3.05) is 13.2 Å². The Morgan fingerprint density at radius 1 is 1.25 bits per heavy atom. The van der Waals surface area contributed by atoms with Crippen molar-refractivity contribution < 1.29 is 14.6 Å². The van der Waals surface area contributed by atoms with Crippen LogP contribution < -0.4 is 5.32 Å². The summed E-state index contributed by atoms with van der Waals surface area (Å²) in [5, 5.41) is 12.0. The second-order valence-corrected chi connectivity index (χ2v) is 5.62. The molecule has 0 saturated carbocycles. The Morgan fingerprint density at radius 2 is 1.81 bits per heavy atom. The van der Waals surface area contributed by atoms with E-state index in [4.69, 9.17) is 9.84 Å². The number of aliphatic hydroxyl groups is 1. The average molecular weight is 231 g/mol.